The molecule has 0 amide bonds. The minimum atomic E-state index is -1.35. The number of carboxylic acids is 1. The molecule has 2 unspecified atom stereocenters. The Labute approximate surface area is 194 Å². The topological polar surface area (TPSA) is 122 Å². The normalized spacial score (nSPS) is 18.4. The van der Waals surface area contributed by atoms with Gasteiger partial charge < -0.3 is 43.1 Å². The van der Waals surface area contributed by atoms with Crippen molar-refractivity contribution in [3.05, 3.63) is 46.7 Å². The Hall–Kier alpha value is -4.08. The summed E-state index contributed by atoms with van der Waals surface area (Å²) in [5, 5.41) is 11.4. The van der Waals surface area contributed by atoms with Crippen molar-refractivity contribution in [2.24, 2.45) is 0 Å². The summed E-state index contributed by atoms with van der Waals surface area (Å²) in [6.45, 7) is 1.76. The zero-order valence-electron chi connectivity index (χ0n) is 18.7. The highest BCUT2D eigenvalue weighted by Crippen LogP contribution is 2.52. The zero-order valence-corrected chi connectivity index (χ0v) is 18.7. The van der Waals surface area contributed by atoms with E-state index in [-0.39, 0.29) is 37.1 Å². The first-order chi connectivity index (χ1) is 16.4. The molecule has 0 N–H and O–H groups in total. The standard InChI is InChI=1S/C24H22O10/c1-4-13(23(25)26)34-22-17(28-2)5-11(6-18(22)29-3)20-12-7-15-16(32-10-31-15)8-14(12)33-19-9-30-24(27)21(19)20/h5-8,13,20H,4,9-10H2,1-3H3,(H,25,26)/p-1. The third-order valence-electron chi connectivity index (χ3n) is 5.90. The number of esters is 1. The molecule has 3 heterocycles. The smallest absolute Gasteiger partial charge is 0.339 e. The van der Waals surface area contributed by atoms with Gasteiger partial charge in [0.15, 0.2) is 28.8 Å². The third kappa shape index (κ3) is 3.42. The Morgan fingerprint density at radius 3 is 2.35 bits per heavy atom. The quantitative estimate of drug-likeness (QED) is 0.554. The molecule has 0 saturated carbocycles. The van der Waals surface area contributed by atoms with Crippen molar-refractivity contribution in [1.82, 2.24) is 0 Å². The van der Waals surface area contributed by atoms with E-state index in [0.29, 0.717) is 39.7 Å². The van der Waals surface area contributed by atoms with Crippen LogP contribution in [0.1, 0.15) is 30.4 Å². The molecule has 2 atom stereocenters. The molecule has 2 aromatic rings. The van der Waals surface area contributed by atoms with Crippen molar-refractivity contribution in [3.63, 3.8) is 0 Å². The fraction of sp³-hybridized carbons (Fsp3) is 0.333. The molecule has 2 aromatic carbocycles. The van der Waals surface area contributed by atoms with Crippen molar-refractivity contribution in [1.29, 1.82) is 0 Å². The van der Waals surface area contributed by atoms with Gasteiger partial charge >= 0.3 is 5.97 Å². The lowest BCUT2D eigenvalue weighted by atomic mass is 9.82. The first kappa shape index (κ1) is 21.7. The van der Waals surface area contributed by atoms with Gasteiger partial charge in [-0.3, -0.25) is 0 Å². The Balaban J connectivity index is 1.66. The summed E-state index contributed by atoms with van der Waals surface area (Å²) in [4.78, 5) is 24.1. The average molecular weight is 469 g/mol. The van der Waals surface area contributed by atoms with Crippen molar-refractivity contribution < 1.29 is 47.9 Å². The van der Waals surface area contributed by atoms with Crippen LogP contribution in [0.15, 0.2) is 35.6 Å². The summed E-state index contributed by atoms with van der Waals surface area (Å²) < 4.78 is 38.9. The third-order valence-corrected chi connectivity index (χ3v) is 5.90. The number of carboxylic acid groups (broad SMARTS) is 1. The van der Waals surface area contributed by atoms with Gasteiger partial charge in [-0.25, -0.2) is 4.79 Å². The lowest BCUT2D eigenvalue weighted by molar-refractivity contribution is -0.313. The number of hydrogen-bond acceptors (Lipinski definition) is 10. The van der Waals surface area contributed by atoms with Gasteiger partial charge in [0.2, 0.25) is 12.5 Å². The number of hydrogen-bond donors (Lipinski definition) is 0. The second kappa shape index (κ2) is 8.36. The van der Waals surface area contributed by atoms with Crippen LogP contribution in [0.3, 0.4) is 0 Å². The summed E-state index contributed by atoms with van der Waals surface area (Å²) in [5.41, 5.74) is 1.64. The maximum Gasteiger partial charge on any atom is 0.339 e. The van der Waals surface area contributed by atoms with Gasteiger partial charge in [0.1, 0.15) is 18.5 Å². The highest BCUT2D eigenvalue weighted by atomic mass is 16.7. The SMILES string of the molecule is CCC(Oc1c(OC)cc(C2C3=C(COC3=O)Oc3cc4c(cc32)OCO4)cc1OC)C(=O)[O-]. The number of methoxy groups -OCH3 is 2. The molecule has 3 aliphatic rings. The van der Waals surface area contributed by atoms with Gasteiger partial charge in [-0.15, -0.1) is 0 Å². The van der Waals surface area contributed by atoms with Gasteiger partial charge in [-0.2, -0.15) is 0 Å². The molecule has 0 fully saturated rings. The molecule has 0 aliphatic carbocycles. The lowest BCUT2D eigenvalue weighted by Gasteiger charge is -2.28. The number of carbonyl (C=O) groups is 2. The average Bonchev–Trinajstić information content (AvgIpc) is 3.44. The largest absolute Gasteiger partial charge is 0.546 e. The maximum absolute atomic E-state index is 12.7. The first-order valence-corrected chi connectivity index (χ1v) is 10.6. The van der Waals surface area contributed by atoms with Crippen LogP contribution in [0.5, 0.6) is 34.5 Å². The molecule has 34 heavy (non-hydrogen) atoms. The van der Waals surface area contributed by atoms with E-state index in [9.17, 15) is 14.7 Å². The molecule has 5 rings (SSSR count). The minimum Gasteiger partial charge on any atom is -0.546 e. The van der Waals surface area contributed by atoms with E-state index < -0.39 is 24.0 Å². The fourth-order valence-electron chi connectivity index (χ4n) is 4.27. The molecule has 0 bridgehead atoms. The number of ether oxygens (including phenoxy) is 7. The van der Waals surface area contributed by atoms with E-state index in [2.05, 4.69) is 0 Å². The van der Waals surface area contributed by atoms with E-state index in [1.165, 1.54) is 14.2 Å². The van der Waals surface area contributed by atoms with Crippen LogP contribution in [-0.4, -0.2) is 45.7 Å². The van der Waals surface area contributed by atoms with Crippen molar-refractivity contribution in [2.75, 3.05) is 27.6 Å². The first-order valence-electron chi connectivity index (χ1n) is 10.6. The predicted octanol–water partition coefficient (Wildman–Crippen LogP) is 1.67. The second-order valence-corrected chi connectivity index (χ2v) is 7.78. The van der Waals surface area contributed by atoms with Gasteiger partial charge in [-0.05, 0) is 30.2 Å². The summed E-state index contributed by atoms with van der Waals surface area (Å²) in [6.07, 6.45) is -1.02. The summed E-state index contributed by atoms with van der Waals surface area (Å²) >= 11 is 0. The molecule has 10 nitrogen and oxygen atoms in total. The lowest BCUT2D eigenvalue weighted by Crippen LogP contribution is -2.39. The second-order valence-electron chi connectivity index (χ2n) is 7.78. The fourth-order valence-corrected chi connectivity index (χ4v) is 4.27. The molecule has 3 aliphatic heterocycles. The number of benzene rings is 2. The van der Waals surface area contributed by atoms with Gasteiger partial charge in [0.25, 0.3) is 0 Å². The molecule has 178 valence electrons. The highest BCUT2D eigenvalue weighted by Gasteiger charge is 2.42. The molecule has 0 radical (unpaired) electrons. The minimum absolute atomic E-state index is 0.0117. The Morgan fingerprint density at radius 1 is 1.06 bits per heavy atom. The Morgan fingerprint density at radius 2 is 1.74 bits per heavy atom. The number of cyclic esters (lactones) is 1. The molecule has 0 saturated heterocycles. The highest BCUT2D eigenvalue weighted by molar-refractivity contribution is 5.95. The number of aliphatic carboxylic acids is 1. The van der Waals surface area contributed by atoms with E-state index in [0.717, 1.165) is 0 Å². The van der Waals surface area contributed by atoms with Crippen molar-refractivity contribution in [2.45, 2.75) is 25.4 Å². The molecular formula is C24H21O10-. The van der Waals surface area contributed by atoms with Crippen LogP contribution < -0.4 is 33.5 Å². The molecular weight excluding hydrogens is 448 g/mol. The van der Waals surface area contributed by atoms with Crippen molar-refractivity contribution >= 4 is 11.9 Å². The Bertz CT molecular complexity index is 1190. The van der Waals surface area contributed by atoms with E-state index in [4.69, 9.17) is 33.2 Å². The predicted molar refractivity (Wildman–Crippen MR) is 112 cm³/mol. The molecule has 10 heteroatoms. The number of fused-ring (bicyclic) bond motifs is 2. The van der Waals surface area contributed by atoms with Gasteiger partial charge in [0, 0.05) is 17.5 Å². The maximum atomic E-state index is 12.7. The van der Waals surface area contributed by atoms with E-state index in [1.54, 1.807) is 31.2 Å². The zero-order chi connectivity index (χ0) is 24.0. The number of carbonyl (C=O) groups excluding carboxylic acids is 2. The molecule has 0 spiro atoms. The van der Waals surface area contributed by atoms with Crippen LogP contribution in [0.4, 0.5) is 0 Å². The van der Waals surface area contributed by atoms with Crippen LogP contribution in [0.25, 0.3) is 0 Å². The van der Waals surface area contributed by atoms with Crippen LogP contribution in [-0.2, 0) is 14.3 Å². The number of rotatable bonds is 7. The van der Waals surface area contributed by atoms with Crippen molar-refractivity contribution in [3.8, 4) is 34.5 Å². The van der Waals surface area contributed by atoms with Crippen LogP contribution in [0, 0.1) is 0 Å². The van der Waals surface area contributed by atoms with Crippen LogP contribution in [0.2, 0.25) is 0 Å². The summed E-state index contributed by atoms with van der Waals surface area (Å²) in [6, 6.07) is 6.82. The monoisotopic (exact) mass is 469 g/mol. The van der Waals surface area contributed by atoms with E-state index >= 15 is 0 Å². The summed E-state index contributed by atoms with van der Waals surface area (Å²) in [5.74, 6) is 0.121. The van der Waals surface area contributed by atoms with Gasteiger partial charge in [-0.1, -0.05) is 6.92 Å². The molecule has 0 aromatic heterocycles. The Kier molecular flexibility index (Phi) is 5.35. The van der Waals surface area contributed by atoms with E-state index in [1.807, 2.05) is 0 Å². The van der Waals surface area contributed by atoms with Crippen LogP contribution >= 0.6 is 0 Å². The van der Waals surface area contributed by atoms with Gasteiger partial charge in [0.05, 0.1) is 25.8 Å². The summed E-state index contributed by atoms with van der Waals surface area (Å²) in [7, 11) is 2.85.